The number of anilines is 1. The molecule has 1 saturated heterocycles. The van der Waals surface area contributed by atoms with Gasteiger partial charge >= 0.3 is 0 Å². The summed E-state index contributed by atoms with van der Waals surface area (Å²) < 4.78 is 22.7. The maximum Gasteiger partial charge on any atom is 0.225 e. The van der Waals surface area contributed by atoms with Crippen molar-refractivity contribution < 1.29 is 8.42 Å². The van der Waals surface area contributed by atoms with Crippen molar-refractivity contribution in [2.45, 2.75) is 12.3 Å². The molecule has 2 heterocycles. The lowest BCUT2D eigenvalue weighted by atomic mass is 10.1. The third kappa shape index (κ3) is 5.65. The Morgan fingerprint density at radius 1 is 1.07 bits per heavy atom. The molecule has 0 bridgehead atoms. The van der Waals surface area contributed by atoms with E-state index in [0.717, 1.165) is 43.3 Å². The molecule has 3 rings (SSSR count). The van der Waals surface area contributed by atoms with E-state index < -0.39 is 9.84 Å². The quantitative estimate of drug-likeness (QED) is 0.592. The van der Waals surface area contributed by atoms with Crippen molar-refractivity contribution >= 4 is 21.7 Å². The Kier molecular flexibility index (Phi) is 5.90. The van der Waals surface area contributed by atoms with Gasteiger partial charge < -0.3 is 15.5 Å². The minimum absolute atomic E-state index is 0.0497. The van der Waals surface area contributed by atoms with E-state index in [1.165, 1.54) is 6.26 Å². The van der Waals surface area contributed by atoms with Gasteiger partial charge in [-0.2, -0.15) is 0 Å². The standard InChI is InChI=1S/C18H24N6O2S/c1-27(25,26)14-16-5-3-15(4-6-16)13-22-17(19)23-9-11-24(12-10-23)18-20-7-2-8-21-18/h2-8H,9-14H2,1H3,(H2,19,22). The zero-order chi connectivity index (χ0) is 19.3. The van der Waals surface area contributed by atoms with Crippen molar-refractivity contribution in [3.05, 3.63) is 53.9 Å². The van der Waals surface area contributed by atoms with Crippen LogP contribution >= 0.6 is 0 Å². The summed E-state index contributed by atoms with van der Waals surface area (Å²) in [5, 5.41) is 0. The lowest BCUT2D eigenvalue weighted by molar-refractivity contribution is 0.378. The summed E-state index contributed by atoms with van der Waals surface area (Å²) in [6, 6.07) is 9.23. The van der Waals surface area contributed by atoms with Crippen LogP contribution in [-0.2, 0) is 22.1 Å². The van der Waals surface area contributed by atoms with Crippen LogP contribution in [-0.4, -0.2) is 61.7 Å². The summed E-state index contributed by atoms with van der Waals surface area (Å²) in [6.45, 7) is 3.58. The Morgan fingerprint density at radius 3 is 2.26 bits per heavy atom. The van der Waals surface area contributed by atoms with Gasteiger partial charge in [0.1, 0.15) is 0 Å². The molecule has 1 aliphatic heterocycles. The lowest BCUT2D eigenvalue weighted by Crippen LogP contribution is -2.51. The van der Waals surface area contributed by atoms with Gasteiger partial charge in [-0.05, 0) is 17.2 Å². The van der Waals surface area contributed by atoms with Crippen LogP contribution < -0.4 is 10.6 Å². The van der Waals surface area contributed by atoms with Gasteiger partial charge in [-0.3, -0.25) is 0 Å². The van der Waals surface area contributed by atoms with Gasteiger partial charge in [0, 0.05) is 44.8 Å². The summed E-state index contributed by atoms with van der Waals surface area (Å²) >= 11 is 0. The largest absolute Gasteiger partial charge is 0.370 e. The second kappa shape index (κ2) is 8.34. The van der Waals surface area contributed by atoms with Gasteiger partial charge in [-0.1, -0.05) is 24.3 Å². The van der Waals surface area contributed by atoms with Crippen LogP contribution in [0.5, 0.6) is 0 Å². The minimum Gasteiger partial charge on any atom is -0.370 e. The predicted octanol–water partition coefficient (Wildman–Crippen LogP) is 0.658. The molecule has 27 heavy (non-hydrogen) atoms. The van der Waals surface area contributed by atoms with Crippen LogP contribution in [0.1, 0.15) is 11.1 Å². The molecular weight excluding hydrogens is 364 g/mol. The molecule has 9 heteroatoms. The first kappa shape index (κ1) is 19.1. The topological polar surface area (TPSA) is 105 Å². The first-order chi connectivity index (χ1) is 12.9. The van der Waals surface area contributed by atoms with Gasteiger partial charge in [-0.25, -0.2) is 23.4 Å². The SMILES string of the molecule is CS(=O)(=O)Cc1ccc(CN=C(N)N2CCN(c3ncccn3)CC2)cc1. The fourth-order valence-corrected chi connectivity index (χ4v) is 3.70. The number of benzene rings is 1. The lowest BCUT2D eigenvalue weighted by Gasteiger charge is -2.35. The normalized spacial score (nSPS) is 15.8. The number of nitrogens with zero attached hydrogens (tertiary/aromatic N) is 5. The number of guanidine groups is 1. The van der Waals surface area contributed by atoms with Gasteiger partial charge in [0.25, 0.3) is 0 Å². The van der Waals surface area contributed by atoms with E-state index in [2.05, 4.69) is 24.8 Å². The average Bonchev–Trinajstić information content (AvgIpc) is 2.67. The maximum atomic E-state index is 11.3. The van der Waals surface area contributed by atoms with E-state index in [1.54, 1.807) is 18.5 Å². The Morgan fingerprint density at radius 2 is 1.67 bits per heavy atom. The molecule has 1 aliphatic rings. The molecule has 144 valence electrons. The van der Waals surface area contributed by atoms with E-state index in [0.29, 0.717) is 12.5 Å². The van der Waals surface area contributed by atoms with Crippen LogP contribution in [0.25, 0.3) is 0 Å². The van der Waals surface area contributed by atoms with Crippen molar-refractivity contribution in [3.8, 4) is 0 Å². The molecule has 0 aliphatic carbocycles. The van der Waals surface area contributed by atoms with Crippen molar-refractivity contribution in [1.29, 1.82) is 0 Å². The number of nitrogens with two attached hydrogens (primary N) is 1. The molecule has 0 unspecified atom stereocenters. The van der Waals surface area contributed by atoms with E-state index in [1.807, 2.05) is 24.3 Å². The molecule has 0 spiro atoms. The first-order valence-corrected chi connectivity index (χ1v) is 10.8. The van der Waals surface area contributed by atoms with Crippen LogP contribution in [0.4, 0.5) is 5.95 Å². The van der Waals surface area contributed by atoms with Crippen molar-refractivity contribution in [2.75, 3.05) is 37.3 Å². The van der Waals surface area contributed by atoms with Crippen molar-refractivity contribution in [1.82, 2.24) is 14.9 Å². The van der Waals surface area contributed by atoms with Gasteiger partial charge in [0.2, 0.25) is 5.95 Å². The maximum absolute atomic E-state index is 11.3. The molecule has 0 radical (unpaired) electrons. The predicted molar refractivity (Wildman–Crippen MR) is 106 cm³/mol. The number of hydrogen-bond acceptors (Lipinski definition) is 6. The number of sulfone groups is 1. The molecule has 8 nitrogen and oxygen atoms in total. The summed E-state index contributed by atoms with van der Waals surface area (Å²) in [7, 11) is -3.02. The number of piperazine rings is 1. The van der Waals surface area contributed by atoms with E-state index in [-0.39, 0.29) is 5.75 Å². The van der Waals surface area contributed by atoms with E-state index in [9.17, 15) is 8.42 Å². The molecular formula is C18H24N6O2S. The Hall–Kier alpha value is -2.68. The molecule has 2 N–H and O–H groups in total. The highest BCUT2D eigenvalue weighted by Gasteiger charge is 2.19. The van der Waals surface area contributed by atoms with E-state index >= 15 is 0 Å². The van der Waals surface area contributed by atoms with Crippen LogP contribution in [0.3, 0.4) is 0 Å². The van der Waals surface area contributed by atoms with Crippen LogP contribution in [0.15, 0.2) is 47.7 Å². The van der Waals surface area contributed by atoms with Crippen LogP contribution in [0, 0.1) is 0 Å². The number of rotatable bonds is 5. The van der Waals surface area contributed by atoms with Gasteiger partial charge in [0.05, 0.1) is 12.3 Å². The van der Waals surface area contributed by atoms with Gasteiger partial charge in [0.15, 0.2) is 15.8 Å². The van der Waals surface area contributed by atoms with Crippen molar-refractivity contribution in [3.63, 3.8) is 0 Å². The minimum atomic E-state index is -3.02. The fourth-order valence-electron chi connectivity index (χ4n) is 2.91. The monoisotopic (exact) mass is 388 g/mol. The highest BCUT2D eigenvalue weighted by atomic mass is 32.2. The summed E-state index contributed by atoms with van der Waals surface area (Å²) in [4.78, 5) is 17.2. The Labute approximate surface area is 159 Å². The third-order valence-corrected chi connectivity index (χ3v) is 5.17. The molecule has 2 aromatic rings. The molecule has 0 saturated carbocycles. The Bertz CT molecular complexity index is 876. The van der Waals surface area contributed by atoms with Gasteiger partial charge in [-0.15, -0.1) is 0 Å². The van der Waals surface area contributed by atoms with Crippen LogP contribution in [0.2, 0.25) is 0 Å². The first-order valence-electron chi connectivity index (χ1n) is 8.73. The molecule has 1 fully saturated rings. The summed E-state index contributed by atoms with van der Waals surface area (Å²) in [5.74, 6) is 1.30. The fraction of sp³-hybridized carbons (Fsp3) is 0.389. The zero-order valence-corrected chi connectivity index (χ0v) is 16.1. The smallest absolute Gasteiger partial charge is 0.225 e. The molecule has 0 amide bonds. The summed E-state index contributed by atoms with van der Waals surface area (Å²) in [5.41, 5.74) is 7.91. The van der Waals surface area contributed by atoms with Crippen molar-refractivity contribution in [2.24, 2.45) is 10.7 Å². The highest BCUT2D eigenvalue weighted by molar-refractivity contribution is 7.89. The van der Waals surface area contributed by atoms with E-state index in [4.69, 9.17) is 5.73 Å². The number of hydrogen-bond donors (Lipinski definition) is 1. The third-order valence-electron chi connectivity index (χ3n) is 4.31. The zero-order valence-electron chi connectivity index (χ0n) is 15.3. The summed E-state index contributed by atoms with van der Waals surface area (Å²) in [6.07, 6.45) is 4.72. The second-order valence-electron chi connectivity index (χ2n) is 6.58. The molecule has 1 aromatic carbocycles. The number of aromatic nitrogens is 2. The second-order valence-corrected chi connectivity index (χ2v) is 8.72. The molecule has 0 atom stereocenters. The number of aliphatic imine (C=N–C) groups is 1. The average molecular weight is 388 g/mol. The highest BCUT2D eigenvalue weighted by Crippen LogP contribution is 2.11. The Balaban J connectivity index is 1.52. The molecule has 1 aromatic heterocycles.